The van der Waals surface area contributed by atoms with Crippen molar-refractivity contribution in [3.05, 3.63) is 29.3 Å². The summed E-state index contributed by atoms with van der Waals surface area (Å²) in [5.74, 6) is 0.548. The molecule has 0 saturated carbocycles. The zero-order valence-corrected chi connectivity index (χ0v) is 10.6. The number of anilines is 1. The second-order valence-corrected chi connectivity index (χ2v) is 5.37. The van der Waals surface area contributed by atoms with E-state index < -0.39 is 0 Å². The lowest BCUT2D eigenvalue weighted by Gasteiger charge is -2.24. The standard InChI is InChI=1S/C14H23N/c1-6-10(2)11-8-7-9-12(13(11)15)14(3,4)5/h7-10H,6,15H2,1-5H3. The summed E-state index contributed by atoms with van der Waals surface area (Å²) in [6.07, 6.45) is 1.14. The molecule has 0 saturated heterocycles. The minimum absolute atomic E-state index is 0.132. The maximum Gasteiger partial charge on any atom is 0.0387 e. The van der Waals surface area contributed by atoms with Gasteiger partial charge in [-0.25, -0.2) is 0 Å². The van der Waals surface area contributed by atoms with Crippen LogP contribution in [0, 0.1) is 0 Å². The van der Waals surface area contributed by atoms with Crippen LogP contribution in [0.25, 0.3) is 0 Å². The summed E-state index contributed by atoms with van der Waals surface area (Å²) in [6, 6.07) is 6.42. The average molecular weight is 205 g/mol. The molecule has 1 unspecified atom stereocenters. The number of rotatable bonds is 2. The van der Waals surface area contributed by atoms with E-state index in [2.05, 4.69) is 52.8 Å². The van der Waals surface area contributed by atoms with Gasteiger partial charge in [0.1, 0.15) is 0 Å². The van der Waals surface area contributed by atoms with E-state index in [1.165, 1.54) is 11.1 Å². The van der Waals surface area contributed by atoms with Gasteiger partial charge in [-0.3, -0.25) is 0 Å². The molecule has 0 aromatic heterocycles. The number of hydrogen-bond acceptors (Lipinski definition) is 1. The third kappa shape index (κ3) is 2.53. The Morgan fingerprint density at radius 2 is 1.87 bits per heavy atom. The van der Waals surface area contributed by atoms with Crippen molar-refractivity contribution in [2.24, 2.45) is 0 Å². The summed E-state index contributed by atoms with van der Waals surface area (Å²) in [6.45, 7) is 11.1. The van der Waals surface area contributed by atoms with Crippen molar-refractivity contribution in [1.82, 2.24) is 0 Å². The van der Waals surface area contributed by atoms with Gasteiger partial charge in [-0.2, -0.15) is 0 Å². The number of hydrogen-bond donors (Lipinski definition) is 1. The molecule has 1 aromatic carbocycles. The Labute approximate surface area is 93.7 Å². The Hall–Kier alpha value is -0.980. The van der Waals surface area contributed by atoms with Gasteiger partial charge in [-0.05, 0) is 28.9 Å². The van der Waals surface area contributed by atoms with E-state index in [0.29, 0.717) is 5.92 Å². The fourth-order valence-electron chi connectivity index (χ4n) is 1.89. The molecular weight excluding hydrogens is 182 g/mol. The van der Waals surface area contributed by atoms with E-state index in [1.807, 2.05) is 0 Å². The molecule has 1 aromatic rings. The fourth-order valence-corrected chi connectivity index (χ4v) is 1.89. The van der Waals surface area contributed by atoms with Crippen LogP contribution in [0.4, 0.5) is 5.69 Å². The zero-order chi connectivity index (χ0) is 11.6. The monoisotopic (exact) mass is 205 g/mol. The second-order valence-electron chi connectivity index (χ2n) is 5.37. The minimum atomic E-state index is 0.132. The molecule has 0 fully saturated rings. The molecule has 84 valence electrons. The first-order valence-electron chi connectivity index (χ1n) is 5.76. The van der Waals surface area contributed by atoms with Gasteiger partial charge in [0, 0.05) is 5.69 Å². The Balaban J connectivity index is 3.23. The molecule has 0 amide bonds. The summed E-state index contributed by atoms with van der Waals surface area (Å²) in [5.41, 5.74) is 9.92. The number of nitrogen functional groups attached to an aromatic ring is 1. The van der Waals surface area contributed by atoms with E-state index in [-0.39, 0.29) is 5.41 Å². The topological polar surface area (TPSA) is 26.0 Å². The van der Waals surface area contributed by atoms with E-state index in [9.17, 15) is 0 Å². The maximum absolute atomic E-state index is 6.25. The van der Waals surface area contributed by atoms with Crippen LogP contribution in [0.1, 0.15) is 58.1 Å². The lowest BCUT2D eigenvalue weighted by molar-refractivity contribution is 0.590. The number of para-hydroxylation sites is 1. The van der Waals surface area contributed by atoms with Gasteiger partial charge in [-0.1, -0.05) is 52.8 Å². The molecule has 1 rings (SSSR count). The summed E-state index contributed by atoms with van der Waals surface area (Å²) in [4.78, 5) is 0. The first-order valence-corrected chi connectivity index (χ1v) is 5.76. The van der Waals surface area contributed by atoms with Crippen molar-refractivity contribution in [1.29, 1.82) is 0 Å². The Morgan fingerprint density at radius 1 is 1.27 bits per heavy atom. The van der Waals surface area contributed by atoms with Gasteiger partial charge in [0.05, 0.1) is 0 Å². The lowest BCUT2D eigenvalue weighted by atomic mass is 9.82. The Morgan fingerprint density at radius 3 is 2.33 bits per heavy atom. The van der Waals surface area contributed by atoms with Gasteiger partial charge >= 0.3 is 0 Å². The molecular formula is C14H23N. The predicted octanol–water partition coefficient (Wildman–Crippen LogP) is 4.08. The molecule has 0 aliphatic rings. The molecule has 2 N–H and O–H groups in total. The maximum atomic E-state index is 6.25. The molecule has 15 heavy (non-hydrogen) atoms. The van der Waals surface area contributed by atoms with Crippen LogP contribution in [0.2, 0.25) is 0 Å². The molecule has 0 bridgehead atoms. The number of benzene rings is 1. The quantitative estimate of drug-likeness (QED) is 0.723. The Kier molecular flexibility index (Phi) is 3.43. The van der Waals surface area contributed by atoms with E-state index in [0.717, 1.165) is 12.1 Å². The van der Waals surface area contributed by atoms with Crippen molar-refractivity contribution in [2.75, 3.05) is 5.73 Å². The van der Waals surface area contributed by atoms with Crippen LogP contribution in [0.15, 0.2) is 18.2 Å². The Bertz CT molecular complexity index is 334. The van der Waals surface area contributed by atoms with Gasteiger partial charge in [-0.15, -0.1) is 0 Å². The van der Waals surface area contributed by atoms with Gasteiger partial charge < -0.3 is 5.73 Å². The first kappa shape index (κ1) is 12.1. The van der Waals surface area contributed by atoms with E-state index in [1.54, 1.807) is 0 Å². The first-order chi connectivity index (χ1) is 6.88. The summed E-state index contributed by atoms with van der Waals surface area (Å²) in [7, 11) is 0. The van der Waals surface area contributed by atoms with Crippen molar-refractivity contribution in [3.63, 3.8) is 0 Å². The molecule has 0 spiro atoms. The summed E-state index contributed by atoms with van der Waals surface area (Å²) >= 11 is 0. The largest absolute Gasteiger partial charge is 0.398 e. The highest BCUT2D eigenvalue weighted by Gasteiger charge is 2.19. The third-order valence-electron chi connectivity index (χ3n) is 3.09. The highest BCUT2D eigenvalue weighted by molar-refractivity contribution is 5.57. The van der Waals surface area contributed by atoms with Crippen LogP contribution in [0.3, 0.4) is 0 Å². The smallest absolute Gasteiger partial charge is 0.0387 e. The SMILES string of the molecule is CCC(C)c1cccc(C(C)(C)C)c1N. The number of nitrogens with two attached hydrogens (primary N) is 1. The van der Waals surface area contributed by atoms with Crippen molar-refractivity contribution in [2.45, 2.75) is 52.4 Å². The molecule has 0 aliphatic heterocycles. The van der Waals surface area contributed by atoms with Crippen molar-refractivity contribution >= 4 is 5.69 Å². The zero-order valence-electron chi connectivity index (χ0n) is 10.6. The van der Waals surface area contributed by atoms with Crippen molar-refractivity contribution in [3.8, 4) is 0 Å². The second kappa shape index (κ2) is 4.26. The van der Waals surface area contributed by atoms with E-state index >= 15 is 0 Å². The van der Waals surface area contributed by atoms with Crippen LogP contribution in [-0.4, -0.2) is 0 Å². The van der Waals surface area contributed by atoms with Crippen molar-refractivity contribution < 1.29 is 0 Å². The molecule has 1 nitrogen and oxygen atoms in total. The highest BCUT2D eigenvalue weighted by atomic mass is 14.6. The third-order valence-corrected chi connectivity index (χ3v) is 3.09. The minimum Gasteiger partial charge on any atom is -0.398 e. The van der Waals surface area contributed by atoms with Crippen LogP contribution in [0.5, 0.6) is 0 Å². The fraction of sp³-hybridized carbons (Fsp3) is 0.571. The molecule has 1 heteroatoms. The van der Waals surface area contributed by atoms with Crippen LogP contribution >= 0.6 is 0 Å². The van der Waals surface area contributed by atoms with E-state index in [4.69, 9.17) is 5.73 Å². The van der Waals surface area contributed by atoms with Gasteiger partial charge in [0.15, 0.2) is 0 Å². The normalized spacial score (nSPS) is 13.9. The average Bonchev–Trinajstić information content (AvgIpc) is 2.15. The highest BCUT2D eigenvalue weighted by Crippen LogP contribution is 2.33. The summed E-state index contributed by atoms with van der Waals surface area (Å²) < 4.78 is 0. The van der Waals surface area contributed by atoms with Gasteiger partial charge in [0.25, 0.3) is 0 Å². The van der Waals surface area contributed by atoms with Crippen LogP contribution < -0.4 is 5.73 Å². The molecule has 0 aliphatic carbocycles. The van der Waals surface area contributed by atoms with Crippen LogP contribution in [-0.2, 0) is 5.41 Å². The summed E-state index contributed by atoms with van der Waals surface area (Å²) in [5, 5.41) is 0. The molecule has 1 atom stereocenters. The molecule has 0 radical (unpaired) electrons. The predicted molar refractivity (Wildman–Crippen MR) is 68.3 cm³/mol. The van der Waals surface area contributed by atoms with Gasteiger partial charge in [0.2, 0.25) is 0 Å². The molecule has 0 heterocycles. The lowest BCUT2D eigenvalue weighted by Crippen LogP contribution is -2.15.